The number of carbonyl (C=O) groups excluding carboxylic acids is 1. The number of amides is 1. The quantitative estimate of drug-likeness (QED) is 0.325. The van der Waals surface area contributed by atoms with E-state index in [1.165, 1.54) is 6.08 Å². The van der Waals surface area contributed by atoms with Gasteiger partial charge in [-0.05, 0) is 42.5 Å². The van der Waals surface area contributed by atoms with E-state index in [1.54, 1.807) is 18.5 Å². The minimum Gasteiger partial charge on any atom is -0.380 e. The van der Waals surface area contributed by atoms with Gasteiger partial charge in [0.1, 0.15) is 0 Å². The molecule has 2 aromatic carbocycles. The Hall–Kier alpha value is -4.30. The molecule has 0 atom stereocenters. The van der Waals surface area contributed by atoms with Gasteiger partial charge in [-0.15, -0.1) is 0 Å². The number of pyridine rings is 1. The van der Waals surface area contributed by atoms with E-state index < -0.39 is 0 Å². The van der Waals surface area contributed by atoms with Crippen molar-refractivity contribution in [3.63, 3.8) is 0 Å². The molecule has 164 valence electrons. The van der Waals surface area contributed by atoms with Crippen LogP contribution < -0.4 is 21.3 Å². The van der Waals surface area contributed by atoms with E-state index in [-0.39, 0.29) is 5.91 Å². The number of carbonyl (C=O) groups is 1. The molecule has 0 spiro atoms. The monoisotopic (exact) mass is 437 g/mol. The zero-order chi connectivity index (χ0) is 22.6. The second-order valence-electron chi connectivity index (χ2n) is 7.76. The lowest BCUT2D eigenvalue weighted by atomic mass is 10.1. The third-order valence-electron chi connectivity index (χ3n) is 5.39. The Balaban J connectivity index is 1.41. The molecule has 8 heteroatoms. The maximum absolute atomic E-state index is 11.7. The van der Waals surface area contributed by atoms with Crippen molar-refractivity contribution in [3.05, 3.63) is 79.6 Å². The minimum atomic E-state index is -0.274. The van der Waals surface area contributed by atoms with Gasteiger partial charge >= 0.3 is 0 Å². The number of anilines is 4. The van der Waals surface area contributed by atoms with Gasteiger partial charge in [0.05, 0.1) is 17.3 Å². The first-order valence-electron chi connectivity index (χ1n) is 10.7. The molecule has 4 N–H and O–H groups in total. The Morgan fingerprint density at radius 1 is 1.03 bits per heavy atom. The van der Waals surface area contributed by atoms with E-state index in [4.69, 9.17) is 4.98 Å². The fourth-order valence-corrected chi connectivity index (χ4v) is 3.58. The molecular formula is C25H23N7O. The smallest absolute Gasteiger partial charge is 0.247 e. The van der Waals surface area contributed by atoms with Gasteiger partial charge in [-0.25, -0.2) is 9.97 Å². The molecule has 1 amide bonds. The van der Waals surface area contributed by atoms with Gasteiger partial charge in [0, 0.05) is 53.5 Å². The molecule has 0 aliphatic carbocycles. The van der Waals surface area contributed by atoms with Crippen LogP contribution in [0, 0.1) is 0 Å². The highest BCUT2D eigenvalue weighted by Gasteiger charge is 2.15. The van der Waals surface area contributed by atoms with Crippen LogP contribution >= 0.6 is 0 Å². The predicted octanol–water partition coefficient (Wildman–Crippen LogP) is 3.94. The van der Waals surface area contributed by atoms with Gasteiger partial charge in [0.25, 0.3) is 0 Å². The lowest BCUT2D eigenvalue weighted by Gasteiger charge is -2.29. The minimum absolute atomic E-state index is 0.274. The van der Waals surface area contributed by atoms with E-state index in [2.05, 4.69) is 37.8 Å². The van der Waals surface area contributed by atoms with Crippen molar-refractivity contribution in [2.24, 2.45) is 0 Å². The van der Waals surface area contributed by atoms with Crippen LogP contribution in [0.5, 0.6) is 0 Å². The third-order valence-corrected chi connectivity index (χ3v) is 5.39. The molecule has 0 saturated carbocycles. The lowest BCUT2D eigenvalue weighted by Crippen LogP contribution is -2.51. The first-order chi connectivity index (χ1) is 16.2. The van der Waals surface area contributed by atoms with Crippen LogP contribution in [0.25, 0.3) is 22.2 Å². The Morgan fingerprint density at radius 2 is 1.85 bits per heavy atom. The van der Waals surface area contributed by atoms with E-state index in [9.17, 15) is 4.79 Å². The van der Waals surface area contributed by atoms with Gasteiger partial charge in [0.2, 0.25) is 11.9 Å². The molecule has 5 rings (SSSR count). The van der Waals surface area contributed by atoms with Gasteiger partial charge in [-0.3, -0.25) is 9.78 Å². The molecule has 0 unspecified atom stereocenters. The van der Waals surface area contributed by atoms with E-state index in [0.29, 0.717) is 23.4 Å². The highest BCUT2D eigenvalue weighted by atomic mass is 16.1. The molecule has 8 nitrogen and oxygen atoms in total. The lowest BCUT2D eigenvalue weighted by molar-refractivity contribution is -0.111. The standard InChI is InChI=1S/C25H23N7O/c1-2-23(33)30-19-10-11-27-22(12-19)21-5-3-4-16-13-28-25(32-24(16)21)31-18-8-6-17(7-9-18)29-20-14-26-15-20/h2-13,20,26,29H,1,14-15H2,(H,27,30,33)(H,28,31,32). The average molecular weight is 438 g/mol. The largest absolute Gasteiger partial charge is 0.380 e. The summed E-state index contributed by atoms with van der Waals surface area (Å²) in [4.78, 5) is 25.4. The van der Waals surface area contributed by atoms with Crippen LogP contribution in [-0.2, 0) is 4.79 Å². The first-order valence-corrected chi connectivity index (χ1v) is 10.7. The molecule has 0 bridgehead atoms. The summed E-state index contributed by atoms with van der Waals surface area (Å²) in [7, 11) is 0. The predicted molar refractivity (Wildman–Crippen MR) is 132 cm³/mol. The Bertz CT molecular complexity index is 1320. The van der Waals surface area contributed by atoms with Gasteiger partial charge < -0.3 is 21.3 Å². The van der Waals surface area contributed by atoms with Crippen LogP contribution in [0.15, 0.2) is 79.6 Å². The number of hydrogen-bond acceptors (Lipinski definition) is 7. The zero-order valence-electron chi connectivity index (χ0n) is 17.9. The summed E-state index contributed by atoms with van der Waals surface area (Å²) in [6.07, 6.45) is 4.68. The molecular weight excluding hydrogens is 414 g/mol. The van der Waals surface area contributed by atoms with Crippen molar-refractivity contribution in [1.29, 1.82) is 0 Å². The highest BCUT2D eigenvalue weighted by Crippen LogP contribution is 2.28. The zero-order valence-corrected chi connectivity index (χ0v) is 17.9. The summed E-state index contributed by atoms with van der Waals surface area (Å²) in [5.74, 6) is 0.222. The van der Waals surface area contributed by atoms with E-state index in [0.717, 1.165) is 40.9 Å². The fraction of sp³-hybridized carbons (Fsp3) is 0.120. The number of nitrogens with one attached hydrogen (secondary N) is 4. The van der Waals surface area contributed by atoms with Crippen molar-refractivity contribution in [2.45, 2.75) is 6.04 Å². The molecule has 0 radical (unpaired) electrons. The molecule has 4 aromatic rings. The molecule has 1 saturated heterocycles. The molecule has 1 aliphatic rings. The number of para-hydroxylation sites is 1. The third kappa shape index (κ3) is 4.65. The van der Waals surface area contributed by atoms with Gasteiger partial charge in [-0.2, -0.15) is 0 Å². The number of nitrogens with zero attached hydrogens (tertiary/aromatic N) is 3. The maximum Gasteiger partial charge on any atom is 0.247 e. The van der Waals surface area contributed by atoms with E-state index in [1.807, 2.05) is 48.5 Å². The summed E-state index contributed by atoms with van der Waals surface area (Å²) in [6.45, 7) is 5.47. The van der Waals surface area contributed by atoms with Crippen LogP contribution in [0.4, 0.5) is 23.0 Å². The summed E-state index contributed by atoms with van der Waals surface area (Å²) in [5, 5.41) is 13.7. The van der Waals surface area contributed by atoms with Crippen molar-refractivity contribution < 1.29 is 4.79 Å². The van der Waals surface area contributed by atoms with Gasteiger partial charge in [0.15, 0.2) is 0 Å². The molecule has 3 heterocycles. The number of benzene rings is 2. The Morgan fingerprint density at radius 3 is 2.61 bits per heavy atom. The van der Waals surface area contributed by atoms with Crippen LogP contribution in [-0.4, -0.2) is 40.0 Å². The van der Waals surface area contributed by atoms with E-state index >= 15 is 0 Å². The second-order valence-corrected chi connectivity index (χ2v) is 7.76. The molecule has 1 aliphatic heterocycles. The summed E-state index contributed by atoms with van der Waals surface area (Å²) >= 11 is 0. The normalized spacial score (nSPS) is 13.2. The van der Waals surface area contributed by atoms with Crippen LogP contribution in [0.3, 0.4) is 0 Å². The molecule has 2 aromatic heterocycles. The summed E-state index contributed by atoms with van der Waals surface area (Å²) in [5.41, 5.74) is 4.94. The van der Waals surface area contributed by atoms with Crippen molar-refractivity contribution in [1.82, 2.24) is 20.3 Å². The van der Waals surface area contributed by atoms with Crippen molar-refractivity contribution >= 4 is 39.8 Å². The summed E-state index contributed by atoms with van der Waals surface area (Å²) < 4.78 is 0. The average Bonchev–Trinajstić information content (AvgIpc) is 2.82. The molecule has 1 fully saturated rings. The maximum atomic E-state index is 11.7. The SMILES string of the molecule is C=CC(=O)Nc1ccnc(-c2cccc3cnc(Nc4ccc(NC5CNC5)cc4)nc23)c1. The number of fused-ring (bicyclic) bond motifs is 1. The fourth-order valence-electron chi connectivity index (χ4n) is 3.58. The first kappa shape index (κ1) is 20.6. The molecule has 33 heavy (non-hydrogen) atoms. The van der Waals surface area contributed by atoms with Crippen molar-refractivity contribution in [2.75, 3.05) is 29.0 Å². The number of hydrogen-bond donors (Lipinski definition) is 4. The topological polar surface area (TPSA) is 104 Å². The van der Waals surface area contributed by atoms with Crippen molar-refractivity contribution in [3.8, 4) is 11.3 Å². The Kier molecular flexibility index (Phi) is 5.65. The van der Waals surface area contributed by atoms with Crippen LogP contribution in [0.2, 0.25) is 0 Å². The second kappa shape index (κ2) is 9.05. The Labute approximate surface area is 191 Å². The van der Waals surface area contributed by atoms with Gasteiger partial charge in [-0.1, -0.05) is 24.8 Å². The highest BCUT2D eigenvalue weighted by molar-refractivity contribution is 5.99. The number of rotatable bonds is 7. The number of aromatic nitrogens is 3. The summed E-state index contributed by atoms with van der Waals surface area (Å²) in [6, 6.07) is 18.0. The van der Waals surface area contributed by atoms with Crippen LogP contribution in [0.1, 0.15) is 0 Å².